The zero-order valence-corrected chi connectivity index (χ0v) is 17.3. The van der Waals surface area contributed by atoms with Gasteiger partial charge in [-0.1, -0.05) is 48.5 Å². The molecule has 0 bridgehead atoms. The maximum absolute atomic E-state index is 13.2. The second-order valence-corrected chi connectivity index (χ2v) is 7.93. The van der Waals surface area contributed by atoms with Gasteiger partial charge in [0, 0.05) is 23.7 Å². The highest BCUT2D eigenvalue weighted by atomic mass is 16.2. The number of aryl methyl sites for hydroxylation is 1. The monoisotopic (exact) mass is 413 g/mol. The molecule has 2 aromatic carbocycles. The van der Waals surface area contributed by atoms with Gasteiger partial charge < -0.3 is 5.32 Å². The van der Waals surface area contributed by atoms with Crippen molar-refractivity contribution in [3.63, 3.8) is 0 Å². The number of hydrogen-bond acceptors (Lipinski definition) is 4. The van der Waals surface area contributed by atoms with Crippen LogP contribution in [-0.4, -0.2) is 25.5 Å². The van der Waals surface area contributed by atoms with E-state index in [2.05, 4.69) is 27.6 Å². The summed E-state index contributed by atoms with van der Waals surface area (Å²) in [5.74, 6) is -0.277. The van der Waals surface area contributed by atoms with E-state index in [9.17, 15) is 9.59 Å². The number of hydrogen-bond donors (Lipinski definition) is 1. The van der Waals surface area contributed by atoms with Gasteiger partial charge in [0.1, 0.15) is 0 Å². The number of aromatic nitrogens is 4. The predicted molar refractivity (Wildman–Crippen MR) is 118 cm³/mol. The second kappa shape index (κ2) is 7.83. The molecule has 1 aliphatic rings. The molecule has 156 valence electrons. The Morgan fingerprint density at radius 3 is 2.65 bits per heavy atom. The average molecular weight is 413 g/mol. The smallest absolute Gasteiger partial charge is 0.274 e. The van der Waals surface area contributed by atoms with Gasteiger partial charge in [-0.2, -0.15) is 10.2 Å². The highest BCUT2D eigenvalue weighted by Crippen LogP contribution is 2.30. The topological polar surface area (TPSA) is 81.8 Å². The Morgan fingerprint density at radius 1 is 1.10 bits per heavy atom. The summed E-state index contributed by atoms with van der Waals surface area (Å²) in [6.45, 7) is 0.712. The molecule has 0 saturated heterocycles. The van der Waals surface area contributed by atoms with Crippen LogP contribution in [0.15, 0.2) is 65.6 Å². The molecule has 2 heterocycles. The lowest BCUT2D eigenvalue weighted by molar-refractivity contribution is 0.0927. The van der Waals surface area contributed by atoms with Gasteiger partial charge in [-0.05, 0) is 30.9 Å². The first-order valence-electron chi connectivity index (χ1n) is 10.5. The zero-order chi connectivity index (χ0) is 21.4. The van der Waals surface area contributed by atoms with Crippen molar-refractivity contribution in [1.82, 2.24) is 24.9 Å². The molecular formula is C24H23N5O2. The van der Waals surface area contributed by atoms with Gasteiger partial charge in [0.05, 0.1) is 24.2 Å². The average Bonchev–Trinajstić information content (AvgIpc) is 3.20. The molecule has 0 aliphatic heterocycles. The maximum atomic E-state index is 13.2. The Labute approximate surface area is 179 Å². The summed E-state index contributed by atoms with van der Waals surface area (Å²) in [5, 5.41) is 13.1. The predicted octanol–water partition coefficient (Wildman–Crippen LogP) is 2.99. The van der Waals surface area contributed by atoms with Crippen LogP contribution in [0.4, 0.5) is 0 Å². The van der Waals surface area contributed by atoms with Gasteiger partial charge in [0.2, 0.25) is 0 Å². The van der Waals surface area contributed by atoms with Crippen molar-refractivity contribution < 1.29 is 4.79 Å². The van der Waals surface area contributed by atoms with Crippen molar-refractivity contribution >= 4 is 16.7 Å². The van der Waals surface area contributed by atoms with E-state index in [1.165, 1.54) is 15.9 Å². The van der Waals surface area contributed by atoms with Crippen LogP contribution in [0.2, 0.25) is 0 Å². The maximum Gasteiger partial charge on any atom is 0.274 e. The van der Waals surface area contributed by atoms with Gasteiger partial charge >= 0.3 is 0 Å². The van der Waals surface area contributed by atoms with E-state index in [0.29, 0.717) is 17.3 Å². The fourth-order valence-corrected chi connectivity index (χ4v) is 4.36. The number of rotatable bonds is 4. The molecule has 31 heavy (non-hydrogen) atoms. The van der Waals surface area contributed by atoms with E-state index < -0.39 is 0 Å². The van der Waals surface area contributed by atoms with Crippen LogP contribution in [0, 0.1) is 0 Å². The van der Waals surface area contributed by atoms with E-state index in [4.69, 9.17) is 0 Å². The summed E-state index contributed by atoms with van der Waals surface area (Å²) in [5.41, 5.74) is 3.47. The summed E-state index contributed by atoms with van der Waals surface area (Å²) in [6.07, 6.45) is 4.63. The quantitative estimate of drug-likeness (QED) is 0.558. The van der Waals surface area contributed by atoms with E-state index in [0.717, 1.165) is 24.8 Å². The molecule has 1 aliphatic carbocycles. The lowest BCUT2D eigenvalue weighted by Gasteiger charge is -2.24. The Balaban J connectivity index is 1.44. The summed E-state index contributed by atoms with van der Waals surface area (Å²) in [7, 11) is 1.57. The van der Waals surface area contributed by atoms with E-state index in [1.807, 2.05) is 35.1 Å². The van der Waals surface area contributed by atoms with Crippen molar-refractivity contribution in [2.75, 3.05) is 0 Å². The van der Waals surface area contributed by atoms with Crippen LogP contribution in [0.25, 0.3) is 10.8 Å². The third-order valence-corrected chi connectivity index (χ3v) is 5.91. The number of fused-ring (bicyclic) bond motifs is 2. The van der Waals surface area contributed by atoms with Crippen LogP contribution in [0.1, 0.15) is 46.2 Å². The molecule has 0 radical (unpaired) electrons. The third-order valence-electron chi connectivity index (χ3n) is 5.91. The minimum Gasteiger partial charge on any atom is -0.344 e. The summed E-state index contributed by atoms with van der Waals surface area (Å²) >= 11 is 0. The lowest BCUT2D eigenvalue weighted by Crippen LogP contribution is -2.33. The number of carbonyl (C=O) groups excluding carboxylic acids is 1. The molecule has 1 unspecified atom stereocenters. The van der Waals surface area contributed by atoms with Crippen molar-refractivity contribution in [2.24, 2.45) is 7.05 Å². The number of nitrogens with zero attached hydrogens (tertiary/aromatic N) is 4. The summed E-state index contributed by atoms with van der Waals surface area (Å²) < 4.78 is 3.25. The second-order valence-electron chi connectivity index (χ2n) is 7.93. The van der Waals surface area contributed by atoms with E-state index in [1.54, 1.807) is 25.2 Å². The Kier molecular flexibility index (Phi) is 4.86. The first kappa shape index (κ1) is 19.2. The van der Waals surface area contributed by atoms with Crippen molar-refractivity contribution in [2.45, 2.75) is 31.8 Å². The Morgan fingerprint density at radius 2 is 1.84 bits per heavy atom. The summed E-state index contributed by atoms with van der Waals surface area (Å²) in [6, 6.07) is 17.2. The highest BCUT2D eigenvalue weighted by molar-refractivity contribution is 6.04. The van der Waals surface area contributed by atoms with Gasteiger partial charge in [0.15, 0.2) is 5.69 Å². The first-order valence-corrected chi connectivity index (χ1v) is 10.5. The number of benzene rings is 2. The molecule has 7 heteroatoms. The van der Waals surface area contributed by atoms with Crippen LogP contribution < -0.4 is 10.9 Å². The molecule has 1 atom stereocenters. The Hall–Kier alpha value is -3.74. The molecule has 0 spiro atoms. The minimum absolute atomic E-state index is 0.126. The van der Waals surface area contributed by atoms with Crippen molar-refractivity contribution in [3.8, 4) is 0 Å². The molecule has 7 nitrogen and oxygen atoms in total. The van der Waals surface area contributed by atoms with Crippen LogP contribution in [-0.2, 0) is 20.0 Å². The first-order chi connectivity index (χ1) is 15.1. The van der Waals surface area contributed by atoms with Crippen molar-refractivity contribution in [3.05, 3.63) is 93.7 Å². The van der Waals surface area contributed by atoms with Crippen LogP contribution in [0.3, 0.4) is 0 Å². The van der Waals surface area contributed by atoms with E-state index in [-0.39, 0.29) is 23.2 Å². The standard InChI is InChI=1S/C24H23N5O2/c1-28-24(31)18-11-6-5-10-17(18)22(27-28)23(30)26-20-12-7-13-21-19(20)14-25-29(21)15-16-8-3-2-4-9-16/h2-6,8-11,14,20H,7,12-13,15H2,1H3,(H,26,30). The molecule has 4 aromatic rings. The number of nitrogens with one attached hydrogen (secondary N) is 1. The number of amides is 1. The van der Waals surface area contributed by atoms with E-state index >= 15 is 0 Å². The van der Waals surface area contributed by atoms with Crippen molar-refractivity contribution in [1.29, 1.82) is 0 Å². The number of carbonyl (C=O) groups is 1. The van der Waals surface area contributed by atoms with Crippen LogP contribution in [0.5, 0.6) is 0 Å². The molecule has 1 amide bonds. The normalized spacial score (nSPS) is 15.6. The zero-order valence-electron chi connectivity index (χ0n) is 17.3. The molecule has 2 aromatic heterocycles. The lowest BCUT2D eigenvalue weighted by atomic mass is 9.92. The fraction of sp³-hybridized carbons (Fsp3) is 0.250. The highest BCUT2D eigenvalue weighted by Gasteiger charge is 2.27. The SMILES string of the molecule is Cn1nc(C(=O)NC2CCCc3c2cnn3Cc2ccccc2)c2ccccc2c1=O. The molecule has 1 N–H and O–H groups in total. The fourth-order valence-electron chi connectivity index (χ4n) is 4.36. The van der Waals surface area contributed by atoms with Gasteiger partial charge in [-0.15, -0.1) is 0 Å². The van der Waals surface area contributed by atoms with Gasteiger partial charge in [-0.3, -0.25) is 14.3 Å². The summed E-state index contributed by atoms with van der Waals surface area (Å²) in [4.78, 5) is 25.5. The third kappa shape index (κ3) is 3.52. The van der Waals surface area contributed by atoms with Crippen LogP contribution >= 0.6 is 0 Å². The molecule has 0 saturated carbocycles. The molecule has 5 rings (SSSR count). The Bertz CT molecular complexity index is 1320. The van der Waals surface area contributed by atoms with Gasteiger partial charge in [0.25, 0.3) is 11.5 Å². The van der Waals surface area contributed by atoms with Gasteiger partial charge in [-0.25, -0.2) is 4.68 Å². The molecule has 0 fully saturated rings. The minimum atomic E-state index is -0.277. The molecular weight excluding hydrogens is 390 g/mol. The largest absolute Gasteiger partial charge is 0.344 e.